The molecular weight excluding hydrogens is 220 g/mol. The molecule has 0 aliphatic heterocycles. The van der Waals surface area contributed by atoms with Crippen LogP contribution in [0, 0.1) is 11.3 Å². The van der Waals surface area contributed by atoms with Crippen LogP contribution < -0.4 is 0 Å². The summed E-state index contributed by atoms with van der Waals surface area (Å²) >= 11 is 0. The lowest BCUT2D eigenvalue weighted by atomic mass is 9.63. The third kappa shape index (κ3) is 2.35. The minimum atomic E-state index is -0.337. The monoisotopic (exact) mass is 252 g/mol. The van der Waals surface area contributed by atoms with Crippen LogP contribution in [-0.4, -0.2) is 10.7 Å². The van der Waals surface area contributed by atoms with Gasteiger partial charge in [-0.1, -0.05) is 52.4 Å². The standard InChI is InChI=1S/C17H32O/c1-3-5-13-17(18,14-6-4-2)16-11-7-9-15(16)10-8-12-16/h15,18H,3-14H2,1-2H3. The minimum absolute atomic E-state index is 0.317. The lowest BCUT2D eigenvalue weighted by Crippen LogP contribution is -2.48. The first kappa shape index (κ1) is 14.4. The summed E-state index contributed by atoms with van der Waals surface area (Å²) in [5.74, 6) is 0.844. The molecule has 0 radical (unpaired) electrons. The fraction of sp³-hybridized carbons (Fsp3) is 1.00. The number of rotatable bonds is 7. The molecule has 0 amide bonds. The molecule has 2 saturated carbocycles. The van der Waals surface area contributed by atoms with Gasteiger partial charge in [0.05, 0.1) is 5.60 Å². The molecule has 2 fully saturated rings. The molecule has 18 heavy (non-hydrogen) atoms. The predicted molar refractivity (Wildman–Crippen MR) is 77.6 cm³/mol. The molecule has 0 aromatic carbocycles. The van der Waals surface area contributed by atoms with Gasteiger partial charge in [-0.25, -0.2) is 0 Å². The Morgan fingerprint density at radius 1 is 1.00 bits per heavy atom. The van der Waals surface area contributed by atoms with E-state index >= 15 is 0 Å². The number of hydrogen-bond acceptors (Lipinski definition) is 1. The number of unbranched alkanes of at least 4 members (excludes halogenated alkanes) is 2. The maximum atomic E-state index is 11.4. The predicted octanol–water partition coefficient (Wildman–Crippen LogP) is 5.07. The minimum Gasteiger partial charge on any atom is -0.389 e. The smallest absolute Gasteiger partial charge is 0.0706 e. The summed E-state index contributed by atoms with van der Waals surface area (Å²) < 4.78 is 0. The molecule has 0 saturated heterocycles. The summed E-state index contributed by atoms with van der Waals surface area (Å²) in [6, 6.07) is 0. The topological polar surface area (TPSA) is 20.2 Å². The third-order valence-corrected chi connectivity index (χ3v) is 5.95. The van der Waals surface area contributed by atoms with E-state index in [1.807, 2.05) is 0 Å². The zero-order chi connectivity index (χ0) is 13.1. The first-order valence-corrected chi connectivity index (χ1v) is 8.41. The largest absolute Gasteiger partial charge is 0.389 e. The molecule has 2 rings (SSSR count). The van der Waals surface area contributed by atoms with E-state index in [0.717, 1.165) is 18.8 Å². The van der Waals surface area contributed by atoms with Gasteiger partial charge in [-0.15, -0.1) is 0 Å². The molecule has 0 atom stereocenters. The number of aliphatic hydroxyl groups is 1. The van der Waals surface area contributed by atoms with E-state index in [9.17, 15) is 5.11 Å². The van der Waals surface area contributed by atoms with E-state index in [1.165, 1.54) is 64.2 Å². The van der Waals surface area contributed by atoms with Gasteiger partial charge in [-0.05, 0) is 44.4 Å². The van der Waals surface area contributed by atoms with Crippen molar-refractivity contribution in [1.29, 1.82) is 0 Å². The van der Waals surface area contributed by atoms with E-state index in [0.29, 0.717) is 5.41 Å². The number of hydrogen-bond donors (Lipinski definition) is 1. The second kappa shape index (κ2) is 5.94. The van der Waals surface area contributed by atoms with Crippen molar-refractivity contribution in [3.63, 3.8) is 0 Å². The number of fused-ring (bicyclic) bond motifs is 1. The van der Waals surface area contributed by atoms with Gasteiger partial charge in [0, 0.05) is 5.41 Å². The maximum absolute atomic E-state index is 11.4. The normalized spacial score (nSPS) is 31.8. The van der Waals surface area contributed by atoms with Crippen molar-refractivity contribution in [2.24, 2.45) is 11.3 Å². The average Bonchev–Trinajstić information content (AvgIpc) is 2.94. The van der Waals surface area contributed by atoms with Crippen LogP contribution in [0.1, 0.15) is 90.9 Å². The van der Waals surface area contributed by atoms with Crippen LogP contribution >= 0.6 is 0 Å². The molecule has 0 bridgehead atoms. The molecule has 1 nitrogen and oxygen atoms in total. The van der Waals surface area contributed by atoms with Gasteiger partial charge in [0.2, 0.25) is 0 Å². The molecule has 106 valence electrons. The van der Waals surface area contributed by atoms with E-state index in [-0.39, 0.29) is 5.60 Å². The summed E-state index contributed by atoms with van der Waals surface area (Å²) in [7, 11) is 0. The Kier molecular flexibility index (Phi) is 4.75. The van der Waals surface area contributed by atoms with Gasteiger partial charge in [-0.3, -0.25) is 0 Å². The van der Waals surface area contributed by atoms with Crippen molar-refractivity contribution in [2.75, 3.05) is 0 Å². The fourth-order valence-electron chi connectivity index (χ4n) is 4.96. The molecule has 0 aromatic heterocycles. The molecule has 0 heterocycles. The summed E-state index contributed by atoms with van der Waals surface area (Å²) in [5, 5.41) is 11.4. The van der Waals surface area contributed by atoms with Crippen LogP contribution in [0.5, 0.6) is 0 Å². The van der Waals surface area contributed by atoms with Gasteiger partial charge >= 0.3 is 0 Å². The highest BCUT2D eigenvalue weighted by Gasteiger charge is 2.57. The van der Waals surface area contributed by atoms with E-state index in [4.69, 9.17) is 0 Å². The summed E-state index contributed by atoms with van der Waals surface area (Å²) in [6.45, 7) is 4.50. The van der Waals surface area contributed by atoms with E-state index in [2.05, 4.69) is 13.8 Å². The van der Waals surface area contributed by atoms with Crippen LogP contribution in [0.2, 0.25) is 0 Å². The van der Waals surface area contributed by atoms with Gasteiger partial charge in [-0.2, -0.15) is 0 Å². The highest BCUT2D eigenvalue weighted by atomic mass is 16.3. The fourth-order valence-corrected chi connectivity index (χ4v) is 4.96. The lowest BCUT2D eigenvalue weighted by molar-refractivity contribution is -0.110. The third-order valence-electron chi connectivity index (χ3n) is 5.95. The highest BCUT2D eigenvalue weighted by Crippen LogP contribution is 2.62. The second-order valence-corrected chi connectivity index (χ2v) is 6.88. The second-order valence-electron chi connectivity index (χ2n) is 6.88. The average molecular weight is 252 g/mol. The Labute approximate surface area is 113 Å². The first-order chi connectivity index (χ1) is 8.68. The van der Waals surface area contributed by atoms with Gasteiger partial charge in [0.25, 0.3) is 0 Å². The maximum Gasteiger partial charge on any atom is 0.0706 e. The summed E-state index contributed by atoms with van der Waals surface area (Å²) in [4.78, 5) is 0. The Balaban J connectivity index is 2.15. The summed E-state index contributed by atoms with van der Waals surface area (Å²) in [6.07, 6.45) is 15.1. The molecular formula is C17H32O. The van der Waals surface area contributed by atoms with Crippen LogP contribution in [0.3, 0.4) is 0 Å². The van der Waals surface area contributed by atoms with Crippen molar-refractivity contribution in [1.82, 2.24) is 0 Å². The Bertz CT molecular complexity index is 240. The summed E-state index contributed by atoms with van der Waals surface area (Å²) in [5.41, 5.74) is -0.0198. The van der Waals surface area contributed by atoms with E-state index in [1.54, 1.807) is 0 Å². The molecule has 0 spiro atoms. The van der Waals surface area contributed by atoms with Crippen molar-refractivity contribution in [3.8, 4) is 0 Å². The zero-order valence-corrected chi connectivity index (χ0v) is 12.5. The molecule has 1 N–H and O–H groups in total. The highest BCUT2D eigenvalue weighted by molar-refractivity contribution is 5.08. The van der Waals surface area contributed by atoms with Crippen molar-refractivity contribution in [3.05, 3.63) is 0 Å². The quantitative estimate of drug-likeness (QED) is 0.671. The van der Waals surface area contributed by atoms with Crippen LogP contribution in [0.15, 0.2) is 0 Å². The molecule has 2 aliphatic rings. The van der Waals surface area contributed by atoms with Crippen LogP contribution in [-0.2, 0) is 0 Å². The van der Waals surface area contributed by atoms with Crippen molar-refractivity contribution in [2.45, 2.75) is 96.5 Å². The lowest BCUT2D eigenvalue weighted by Gasteiger charge is -2.47. The molecule has 1 heteroatoms. The molecule has 0 unspecified atom stereocenters. The Morgan fingerprint density at radius 2 is 1.50 bits per heavy atom. The van der Waals surface area contributed by atoms with Crippen molar-refractivity contribution >= 4 is 0 Å². The van der Waals surface area contributed by atoms with E-state index < -0.39 is 0 Å². The van der Waals surface area contributed by atoms with Crippen LogP contribution in [0.4, 0.5) is 0 Å². The van der Waals surface area contributed by atoms with Gasteiger partial charge < -0.3 is 5.11 Å². The zero-order valence-electron chi connectivity index (χ0n) is 12.5. The van der Waals surface area contributed by atoms with Gasteiger partial charge in [0.1, 0.15) is 0 Å². The Morgan fingerprint density at radius 3 is 1.94 bits per heavy atom. The van der Waals surface area contributed by atoms with Gasteiger partial charge in [0.15, 0.2) is 0 Å². The SMILES string of the molecule is CCCCC(O)(CCCC)C12CCCC1CCC2. The first-order valence-electron chi connectivity index (χ1n) is 8.41. The molecule has 2 aliphatic carbocycles. The Hall–Kier alpha value is -0.0400. The van der Waals surface area contributed by atoms with Crippen LogP contribution in [0.25, 0.3) is 0 Å². The molecule has 0 aromatic rings. The van der Waals surface area contributed by atoms with Crippen molar-refractivity contribution < 1.29 is 5.11 Å².